The summed E-state index contributed by atoms with van der Waals surface area (Å²) in [6, 6.07) is 0.835. The van der Waals surface area contributed by atoms with Crippen molar-refractivity contribution in [1.29, 1.82) is 0 Å². The van der Waals surface area contributed by atoms with Crippen LogP contribution in [0.25, 0.3) is 0 Å². The van der Waals surface area contributed by atoms with Gasteiger partial charge in [-0.05, 0) is 50.5 Å². The molecular weight excluding hydrogens is 234 g/mol. The van der Waals surface area contributed by atoms with Crippen LogP contribution in [0.4, 0.5) is 0 Å². The maximum absolute atomic E-state index is 9.93. The van der Waals surface area contributed by atoms with Crippen molar-refractivity contribution in [3.8, 4) is 0 Å². The molecule has 112 valence electrons. The molecule has 2 nitrogen and oxygen atoms in total. The summed E-state index contributed by atoms with van der Waals surface area (Å²) in [7, 11) is 0. The van der Waals surface area contributed by atoms with Gasteiger partial charge in [0.15, 0.2) is 0 Å². The fourth-order valence-electron chi connectivity index (χ4n) is 3.43. The zero-order chi connectivity index (χ0) is 13.9. The van der Waals surface area contributed by atoms with Crippen LogP contribution < -0.4 is 0 Å². The Hall–Kier alpha value is -0.0800. The third-order valence-electron chi connectivity index (χ3n) is 5.27. The van der Waals surface area contributed by atoms with Gasteiger partial charge in [0.25, 0.3) is 0 Å². The van der Waals surface area contributed by atoms with Crippen LogP contribution in [0, 0.1) is 17.3 Å². The molecule has 0 saturated heterocycles. The maximum Gasteiger partial charge on any atom is 0.0499 e. The number of aliphatic hydroxyl groups is 1. The topological polar surface area (TPSA) is 23.5 Å². The second-order valence-electron chi connectivity index (χ2n) is 7.72. The third kappa shape index (κ3) is 4.46. The van der Waals surface area contributed by atoms with E-state index in [0.29, 0.717) is 6.61 Å². The molecule has 0 atom stereocenters. The normalized spacial score (nSPS) is 32.2. The number of nitrogens with zero attached hydrogens (tertiary/aromatic N) is 1. The lowest BCUT2D eigenvalue weighted by molar-refractivity contribution is 0.0254. The van der Waals surface area contributed by atoms with Gasteiger partial charge in [-0.25, -0.2) is 0 Å². The highest BCUT2D eigenvalue weighted by atomic mass is 16.3. The molecule has 2 heteroatoms. The monoisotopic (exact) mass is 267 g/mol. The molecule has 2 aliphatic carbocycles. The Kier molecular flexibility index (Phi) is 5.30. The Labute approximate surface area is 119 Å². The summed E-state index contributed by atoms with van der Waals surface area (Å²) in [6.07, 6.45) is 9.15. The molecule has 0 radical (unpaired) electrons. The van der Waals surface area contributed by atoms with E-state index in [-0.39, 0.29) is 5.41 Å². The number of hydrogen-bond donors (Lipinski definition) is 1. The summed E-state index contributed by atoms with van der Waals surface area (Å²) >= 11 is 0. The van der Waals surface area contributed by atoms with Crippen molar-refractivity contribution < 1.29 is 5.11 Å². The van der Waals surface area contributed by atoms with Crippen LogP contribution in [0.1, 0.15) is 65.7 Å². The molecule has 0 spiro atoms. The van der Waals surface area contributed by atoms with Gasteiger partial charge in [-0.3, -0.25) is 4.90 Å². The maximum atomic E-state index is 9.93. The van der Waals surface area contributed by atoms with E-state index >= 15 is 0 Å². The predicted molar refractivity (Wildman–Crippen MR) is 81.2 cm³/mol. The molecule has 2 fully saturated rings. The minimum Gasteiger partial charge on any atom is -0.396 e. The zero-order valence-corrected chi connectivity index (χ0v) is 13.2. The Morgan fingerprint density at radius 3 is 2.26 bits per heavy atom. The van der Waals surface area contributed by atoms with Crippen LogP contribution in [0.5, 0.6) is 0 Å². The van der Waals surface area contributed by atoms with Crippen LogP contribution in [0.15, 0.2) is 0 Å². The van der Waals surface area contributed by atoms with Crippen molar-refractivity contribution in [2.24, 2.45) is 17.3 Å². The van der Waals surface area contributed by atoms with E-state index in [4.69, 9.17) is 0 Å². The summed E-state index contributed by atoms with van der Waals surface area (Å²) < 4.78 is 0. The first-order valence-electron chi connectivity index (χ1n) is 8.39. The van der Waals surface area contributed by atoms with Crippen molar-refractivity contribution in [2.75, 3.05) is 19.7 Å². The second-order valence-corrected chi connectivity index (χ2v) is 7.72. The van der Waals surface area contributed by atoms with E-state index in [9.17, 15) is 5.11 Å². The van der Waals surface area contributed by atoms with E-state index in [1.54, 1.807) is 0 Å². The summed E-state index contributed by atoms with van der Waals surface area (Å²) in [4.78, 5) is 2.70. The molecule has 2 saturated carbocycles. The van der Waals surface area contributed by atoms with E-state index < -0.39 is 0 Å². The molecule has 0 aromatic heterocycles. The molecule has 2 aliphatic rings. The lowest BCUT2D eigenvalue weighted by Crippen LogP contribution is -2.44. The highest BCUT2D eigenvalue weighted by Crippen LogP contribution is 2.41. The van der Waals surface area contributed by atoms with Crippen LogP contribution in [0.2, 0.25) is 0 Å². The Balaban J connectivity index is 1.90. The van der Waals surface area contributed by atoms with Gasteiger partial charge in [0.1, 0.15) is 0 Å². The average Bonchev–Trinajstić information content (AvgIpc) is 3.21. The van der Waals surface area contributed by atoms with Gasteiger partial charge in [0.05, 0.1) is 0 Å². The van der Waals surface area contributed by atoms with Gasteiger partial charge < -0.3 is 5.11 Å². The molecule has 1 N–H and O–H groups in total. The molecule has 0 aliphatic heterocycles. The molecule has 0 amide bonds. The van der Waals surface area contributed by atoms with E-state index in [2.05, 4.69) is 25.7 Å². The number of hydrogen-bond acceptors (Lipinski definition) is 2. The zero-order valence-electron chi connectivity index (χ0n) is 13.2. The van der Waals surface area contributed by atoms with Crippen LogP contribution in [-0.2, 0) is 0 Å². The summed E-state index contributed by atoms with van der Waals surface area (Å²) in [5.41, 5.74) is 0.214. The number of aliphatic hydroxyl groups excluding tert-OH is 1. The van der Waals surface area contributed by atoms with Gasteiger partial charge >= 0.3 is 0 Å². The van der Waals surface area contributed by atoms with Gasteiger partial charge in [-0.1, -0.05) is 33.6 Å². The highest BCUT2D eigenvalue weighted by molar-refractivity contribution is 4.92. The van der Waals surface area contributed by atoms with Crippen molar-refractivity contribution in [1.82, 2.24) is 4.90 Å². The van der Waals surface area contributed by atoms with Crippen molar-refractivity contribution in [2.45, 2.75) is 71.8 Å². The average molecular weight is 267 g/mol. The summed E-state index contributed by atoms with van der Waals surface area (Å²) in [5, 5.41) is 9.93. The van der Waals surface area contributed by atoms with Gasteiger partial charge in [-0.15, -0.1) is 0 Å². The first-order chi connectivity index (χ1) is 9.04. The molecule has 0 aromatic carbocycles. The van der Waals surface area contributed by atoms with Crippen LogP contribution in [0.3, 0.4) is 0 Å². The Morgan fingerprint density at radius 2 is 1.79 bits per heavy atom. The molecule has 0 aromatic rings. The van der Waals surface area contributed by atoms with Gasteiger partial charge in [-0.2, -0.15) is 0 Å². The largest absolute Gasteiger partial charge is 0.396 e. The van der Waals surface area contributed by atoms with Crippen LogP contribution >= 0.6 is 0 Å². The van der Waals surface area contributed by atoms with E-state index in [1.165, 1.54) is 51.5 Å². The number of rotatable bonds is 7. The predicted octanol–water partition coefficient (Wildman–Crippen LogP) is 3.69. The van der Waals surface area contributed by atoms with Crippen molar-refractivity contribution >= 4 is 0 Å². The smallest absolute Gasteiger partial charge is 0.0499 e. The minimum absolute atomic E-state index is 0.214. The lowest BCUT2D eigenvalue weighted by atomic mass is 9.71. The van der Waals surface area contributed by atoms with Crippen molar-refractivity contribution in [3.63, 3.8) is 0 Å². The lowest BCUT2D eigenvalue weighted by Gasteiger charge is -2.42. The van der Waals surface area contributed by atoms with E-state index in [1.807, 2.05) is 0 Å². The van der Waals surface area contributed by atoms with Gasteiger partial charge in [0, 0.05) is 24.6 Å². The standard InChI is InChI=1S/C17H33NO/c1-14(2)8-11-18(16-4-5-16)12-17(13-19)9-6-15(3)7-10-17/h14-16,19H,4-13H2,1-3H3. The highest BCUT2D eigenvalue weighted by Gasteiger charge is 2.39. The summed E-state index contributed by atoms with van der Waals surface area (Å²) in [5.74, 6) is 1.66. The summed E-state index contributed by atoms with van der Waals surface area (Å²) in [6.45, 7) is 9.76. The fourth-order valence-corrected chi connectivity index (χ4v) is 3.43. The first-order valence-corrected chi connectivity index (χ1v) is 8.39. The molecular formula is C17H33NO. The molecule has 0 bridgehead atoms. The van der Waals surface area contributed by atoms with Gasteiger partial charge in [0.2, 0.25) is 0 Å². The minimum atomic E-state index is 0.214. The third-order valence-corrected chi connectivity index (χ3v) is 5.27. The Morgan fingerprint density at radius 1 is 1.16 bits per heavy atom. The fraction of sp³-hybridized carbons (Fsp3) is 1.00. The Bertz CT molecular complexity index is 264. The SMILES string of the molecule is CC(C)CCN(CC1(CO)CCC(C)CC1)C1CC1. The first kappa shape index (κ1) is 15.3. The molecule has 19 heavy (non-hydrogen) atoms. The molecule has 0 unspecified atom stereocenters. The van der Waals surface area contributed by atoms with Crippen molar-refractivity contribution in [3.05, 3.63) is 0 Å². The molecule has 0 heterocycles. The quantitative estimate of drug-likeness (QED) is 0.760. The second kappa shape index (κ2) is 6.58. The van der Waals surface area contributed by atoms with E-state index in [0.717, 1.165) is 24.4 Å². The van der Waals surface area contributed by atoms with Crippen LogP contribution in [-0.4, -0.2) is 35.7 Å². The molecule has 2 rings (SSSR count).